The Hall–Kier alpha value is -7.42. The van der Waals surface area contributed by atoms with Gasteiger partial charge in [0, 0.05) is 0 Å². The largest absolute Gasteiger partial charge is 0.207 e. The van der Waals surface area contributed by atoms with Crippen LogP contribution in [0, 0.1) is 204 Å². The zero-order valence-corrected chi connectivity index (χ0v) is 36.3. The average Bonchev–Trinajstić information content (AvgIpc) is 3.24. The van der Waals surface area contributed by atoms with E-state index in [0.29, 0.717) is 0 Å². The molecule has 0 aliphatic rings. The lowest BCUT2D eigenvalue weighted by Gasteiger charge is -2.44. The Morgan fingerprint density at radius 1 is 0.127 bits per heavy atom. The van der Waals surface area contributed by atoms with Crippen molar-refractivity contribution in [3.8, 4) is 0 Å². The van der Waals surface area contributed by atoms with Gasteiger partial charge in [0.2, 0.25) is 87.3 Å². The molecule has 422 valence electrons. The number of benzene rings is 7. The van der Waals surface area contributed by atoms with E-state index in [1.165, 1.54) is 0 Å². The maximum atomic E-state index is 15.4. The van der Waals surface area contributed by atoms with Crippen LogP contribution in [0.1, 0.15) is 0 Å². The zero-order chi connectivity index (χ0) is 60.3. The summed E-state index contributed by atoms with van der Waals surface area (Å²) in [5.74, 6) is -116. The molecule has 37 heteroatoms. The lowest BCUT2D eigenvalue weighted by Crippen LogP contribution is -2.81. The van der Waals surface area contributed by atoms with Crippen molar-refractivity contribution in [1.82, 2.24) is 0 Å². The summed E-state index contributed by atoms with van der Waals surface area (Å²) in [7, 11) is -5.43. The fourth-order valence-corrected chi connectivity index (χ4v) is 10.4. The van der Waals surface area contributed by atoms with Crippen LogP contribution in [0.25, 0.3) is 0 Å². The van der Waals surface area contributed by atoms with Crippen LogP contribution in [-0.4, -0.2) is 6.15 Å². The highest BCUT2D eigenvalue weighted by Crippen LogP contribution is 2.43. The Morgan fingerprint density at radius 2 is 0.215 bits per heavy atom. The number of hydrogen-bond acceptors (Lipinski definition) is 0. The molecule has 0 atom stereocenters. The van der Waals surface area contributed by atoms with Crippen LogP contribution < -0.4 is 37.8 Å². The molecule has 0 aliphatic heterocycles. The summed E-state index contributed by atoms with van der Waals surface area (Å²) in [4.78, 5) is 0. The molecule has 0 unspecified atom stereocenters. The highest BCUT2D eigenvalue weighted by Gasteiger charge is 2.53. The minimum Gasteiger partial charge on any atom is -0.207 e. The molecule has 0 radical (unpaired) electrons. The zero-order valence-electron chi connectivity index (χ0n) is 35.3. The maximum Gasteiger partial charge on any atom is 0.207 e. The summed E-state index contributed by atoms with van der Waals surface area (Å²) in [6, 6.07) is 0. The molecular weight excluding hydrogens is 1210 g/mol. The first-order valence-electron chi connectivity index (χ1n) is 19.0. The van der Waals surface area contributed by atoms with E-state index in [1.807, 2.05) is 0 Å². The normalized spacial score (nSPS) is 11.8. The third kappa shape index (κ3) is 8.59. The molecule has 7 aromatic rings. The van der Waals surface area contributed by atoms with Gasteiger partial charge < -0.3 is 0 Å². The minimum absolute atomic E-state index is 2.58. The molecule has 0 aliphatic carbocycles. The Bertz CT molecular complexity index is 3170. The van der Waals surface area contributed by atoms with Crippen molar-refractivity contribution in [1.29, 1.82) is 0 Å². The SMILES string of the molecule is Fc1c(F)c(F)c([B-](c2c(F)c(F)c(F)c(F)c2F)(c2c(F)c(F)c(F)c(F)c2F)c2c(F)c(F)c(F)c(F)c2F)c(F)c1F.Fc1c(F)c(F)c([PH+](c2c(F)c(F)c(F)c(F)c2F)c2c(F)c(F)c(F)c(F)c2F)c(F)c1F. The molecule has 0 saturated carbocycles. The average molecular weight is 1210 g/mol. The van der Waals surface area contributed by atoms with E-state index in [-0.39, 0.29) is 0 Å². The third-order valence-electron chi connectivity index (χ3n) is 11.1. The fraction of sp³-hybridized carbons (Fsp3) is 0. The van der Waals surface area contributed by atoms with Gasteiger partial charge in [-0.3, -0.25) is 0 Å². The number of rotatable bonds is 7. The van der Waals surface area contributed by atoms with E-state index in [4.69, 9.17) is 0 Å². The van der Waals surface area contributed by atoms with Crippen molar-refractivity contribution in [2.24, 2.45) is 0 Å². The van der Waals surface area contributed by atoms with Gasteiger partial charge in [0.15, 0.2) is 85.7 Å². The second-order valence-electron chi connectivity index (χ2n) is 15.0. The molecule has 0 N–H and O–H groups in total. The Kier molecular flexibility index (Phi) is 16.2. The van der Waals surface area contributed by atoms with Gasteiger partial charge in [-0.25, -0.2) is 127 Å². The summed E-state index contributed by atoms with van der Waals surface area (Å²) in [5.41, 5.74) is -14.3. The van der Waals surface area contributed by atoms with E-state index in [2.05, 4.69) is 0 Å². The highest BCUT2D eigenvalue weighted by atomic mass is 31.1. The van der Waals surface area contributed by atoms with Crippen molar-refractivity contribution in [3.05, 3.63) is 204 Å². The molecule has 0 spiro atoms. The predicted molar refractivity (Wildman–Crippen MR) is 195 cm³/mol. The summed E-state index contributed by atoms with van der Waals surface area (Å²) in [5, 5.41) is -7.73. The van der Waals surface area contributed by atoms with Gasteiger partial charge >= 0.3 is 0 Å². The van der Waals surface area contributed by atoms with Gasteiger partial charge in [-0.05, 0) is 0 Å². The summed E-state index contributed by atoms with van der Waals surface area (Å²) in [6.45, 7) is 0. The minimum atomic E-state index is -7.22. The van der Waals surface area contributed by atoms with Crippen LogP contribution in [0.2, 0.25) is 0 Å². The van der Waals surface area contributed by atoms with Gasteiger partial charge in [-0.15, -0.1) is 21.9 Å². The molecule has 0 aromatic heterocycles. The Labute approximate surface area is 409 Å². The van der Waals surface area contributed by atoms with Crippen LogP contribution in [0.4, 0.5) is 154 Å². The maximum absolute atomic E-state index is 15.4. The molecular formula is C42HBF35P. The van der Waals surface area contributed by atoms with Gasteiger partial charge in [0.05, 0.1) is 0 Å². The number of hydrogen-bond donors (Lipinski definition) is 0. The molecule has 7 aromatic carbocycles. The van der Waals surface area contributed by atoms with Crippen molar-refractivity contribution < 1.29 is 154 Å². The Morgan fingerprint density at radius 3 is 0.329 bits per heavy atom. The van der Waals surface area contributed by atoms with Crippen LogP contribution >= 0.6 is 7.92 Å². The van der Waals surface area contributed by atoms with E-state index in [1.54, 1.807) is 0 Å². The predicted octanol–water partition coefficient (Wildman–Crippen LogP) is 11.1. The van der Waals surface area contributed by atoms with Gasteiger partial charge in [0.25, 0.3) is 0 Å². The van der Waals surface area contributed by atoms with Crippen LogP contribution in [0.3, 0.4) is 0 Å². The molecule has 0 heterocycles. The standard InChI is InChI=1S/C24BF20.C18F15P/c26-5-1(6(27)14(35)21(42)13(5)34)25(2-7(28)15(36)22(43)16(37)8(2)29,3-9(30)17(38)23(44)18(39)10(3)31)4-11(32)19(40)24(45)20(41)12(4)33;19-1-4(22)10(28)16(11(29)5(1)23)34(17-12(30)6(24)2(20)7(25)13(17)31)18-14(32)8(26)3(21)9(27)15(18)33/q-1;/p+1. The first kappa shape index (κ1) is 60.8. The van der Waals surface area contributed by atoms with Crippen molar-refractivity contribution >= 4 is 51.8 Å². The lowest BCUT2D eigenvalue weighted by molar-refractivity contribution is 0.378. The van der Waals surface area contributed by atoms with Crippen molar-refractivity contribution in [3.63, 3.8) is 0 Å². The third-order valence-corrected chi connectivity index (χ3v) is 13.9. The first-order valence-corrected chi connectivity index (χ1v) is 20.5. The fourth-order valence-electron chi connectivity index (χ4n) is 7.72. The molecule has 0 amide bonds. The van der Waals surface area contributed by atoms with Crippen molar-refractivity contribution in [2.75, 3.05) is 0 Å². The summed E-state index contributed by atoms with van der Waals surface area (Å²) < 4.78 is 503. The van der Waals surface area contributed by atoms with E-state index < -0.39 is 255 Å². The van der Waals surface area contributed by atoms with Crippen molar-refractivity contribution in [2.45, 2.75) is 0 Å². The molecule has 0 saturated heterocycles. The van der Waals surface area contributed by atoms with Crippen LogP contribution in [0.5, 0.6) is 0 Å². The van der Waals surface area contributed by atoms with Gasteiger partial charge in [0.1, 0.15) is 60.6 Å². The second kappa shape index (κ2) is 21.0. The molecule has 7 rings (SSSR count). The lowest BCUT2D eigenvalue weighted by atomic mass is 9.12. The van der Waals surface area contributed by atoms with Crippen LogP contribution in [-0.2, 0) is 0 Å². The second-order valence-corrected chi connectivity index (χ2v) is 17.3. The number of halogens is 35. The van der Waals surface area contributed by atoms with E-state index in [9.17, 15) is 119 Å². The molecule has 0 bridgehead atoms. The Balaban J connectivity index is 0.000000265. The monoisotopic (exact) mass is 1210 g/mol. The van der Waals surface area contributed by atoms with E-state index in [0.717, 1.165) is 0 Å². The van der Waals surface area contributed by atoms with Crippen LogP contribution in [0.15, 0.2) is 0 Å². The first-order chi connectivity index (χ1) is 36.4. The smallest absolute Gasteiger partial charge is 0.207 e. The summed E-state index contributed by atoms with van der Waals surface area (Å²) in [6.07, 6.45) is -7.22. The highest BCUT2D eigenvalue weighted by molar-refractivity contribution is 7.79. The van der Waals surface area contributed by atoms with E-state index >= 15 is 35.1 Å². The molecule has 0 fully saturated rings. The van der Waals surface area contributed by atoms with Gasteiger partial charge in [-0.1, -0.05) is 0 Å². The summed E-state index contributed by atoms with van der Waals surface area (Å²) >= 11 is 0. The topological polar surface area (TPSA) is 0 Å². The quantitative estimate of drug-likeness (QED) is 0.0491. The van der Waals surface area contributed by atoms with Gasteiger partial charge in [-0.2, -0.15) is 26.3 Å². The molecule has 79 heavy (non-hydrogen) atoms. The molecule has 0 nitrogen and oxygen atoms in total.